The summed E-state index contributed by atoms with van der Waals surface area (Å²) in [5, 5.41) is 2.89. The molecule has 3 aromatic heterocycles. The largest absolute Gasteiger partial charge is 0.448 e. The van der Waals surface area contributed by atoms with Crippen LogP contribution in [0, 0.1) is 0 Å². The molecule has 0 saturated carbocycles. The van der Waals surface area contributed by atoms with Crippen LogP contribution in [0.15, 0.2) is 58.4 Å². The average Bonchev–Trinajstić information content (AvgIpc) is 3.04. The Morgan fingerprint density at radius 3 is 3.09 bits per heavy atom. The number of nitrogens with zero attached hydrogens (tertiary/aromatic N) is 2. The van der Waals surface area contributed by atoms with Crippen LogP contribution < -0.4 is 5.32 Å². The molecule has 5 nitrogen and oxygen atoms in total. The van der Waals surface area contributed by atoms with E-state index < -0.39 is 0 Å². The Morgan fingerprint density at radius 2 is 2.36 bits per heavy atom. The van der Waals surface area contributed by atoms with Crippen LogP contribution in [0.4, 0.5) is 0 Å². The Balaban J connectivity index is 1.85. The molecule has 0 fully saturated rings. The van der Waals surface area contributed by atoms with E-state index in [4.69, 9.17) is 4.42 Å². The van der Waals surface area contributed by atoms with Crippen molar-refractivity contribution in [2.75, 3.05) is 0 Å². The molecule has 1 N–H and O–H groups in total. The van der Waals surface area contributed by atoms with Crippen molar-refractivity contribution in [3.8, 4) is 0 Å². The SMILES string of the molecule is C=CCn1c(C(=O)NCc2cccnc2)cc2oc(Br)cc21. The highest BCUT2D eigenvalue weighted by Crippen LogP contribution is 2.27. The lowest BCUT2D eigenvalue weighted by molar-refractivity contribution is 0.0942. The molecule has 0 aliphatic rings. The molecular weight excluding hydrogens is 346 g/mol. The molecule has 3 rings (SSSR count). The van der Waals surface area contributed by atoms with Crippen molar-refractivity contribution in [1.29, 1.82) is 0 Å². The maximum Gasteiger partial charge on any atom is 0.268 e. The first-order chi connectivity index (χ1) is 10.7. The summed E-state index contributed by atoms with van der Waals surface area (Å²) in [6, 6.07) is 7.34. The molecule has 0 radical (unpaired) electrons. The molecule has 112 valence electrons. The predicted molar refractivity (Wildman–Crippen MR) is 87.5 cm³/mol. The van der Waals surface area contributed by atoms with E-state index in [2.05, 4.69) is 32.8 Å². The molecule has 0 aromatic carbocycles. The fourth-order valence-corrected chi connectivity index (χ4v) is 2.69. The number of hydrogen-bond acceptors (Lipinski definition) is 3. The van der Waals surface area contributed by atoms with Gasteiger partial charge in [-0.05, 0) is 27.6 Å². The zero-order chi connectivity index (χ0) is 15.5. The number of rotatable bonds is 5. The predicted octanol–water partition coefficient (Wildman–Crippen LogP) is 3.51. The zero-order valence-electron chi connectivity index (χ0n) is 11.8. The summed E-state index contributed by atoms with van der Waals surface area (Å²) < 4.78 is 8.03. The van der Waals surface area contributed by atoms with Gasteiger partial charge in [-0.25, -0.2) is 0 Å². The normalized spacial score (nSPS) is 10.8. The maximum atomic E-state index is 12.4. The van der Waals surface area contributed by atoms with E-state index in [1.807, 2.05) is 22.8 Å². The number of halogens is 1. The van der Waals surface area contributed by atoms with Crippen LogP contribution in [-0.2, 0) is 13.1 Å². The van der Waals surface area contributed by atoms with Gasteiger partial charge >= 0.3 is 0 Å². The minimum Gasteiger partial charge on any atom is -0.448 e. The molecule has 0 bridgehead atoms. The van der Waals surface area contributed by atoms with Gasteiger partial charge in [-0.1, -0.05) is 12.1 Å². The molecule has 3 heterocycles. The number of fused-ring (bicyclic) bond motifs is 1. The maximum absolute atomic E-state index is 12.4. The number of carbonyl (C=O) groups is 1. The topological polar surface area (TPSA) is 60.1 Å². The van der Waals surface area contributed by atoms with Crippen LogP contribution in [0.5, 0.6) is 0 Å². The molecular formula is C16H14BrN3O2. The molecule has 0 unspecified atom stereocenters. The second-order valence-electron chi connectivity index (χ2n) is 4.77. The van der Waals surface area contributed by atoms with E-state index in [0.29, 0.717) is 29.0 Å². The number of pyridine rings is 1. The second-order valence-corrected chi connectivity index (χ2v) is 5.55. The molecule has 6 heteroatoms. The standard InChI is InChI=1S/C16H14BrN3O2/c1-2-6-20-12-8-15(17)22-14(12)7-13(20)16(21)19-10-11-4-3-5-18-9-11/h2-5,7-9H,1,6,10H2,(H,19,21). The smallest absolute Gasteiger partial charge is 0.268 e. The molecule has 0 spiro atoms. The summed E-state index contributed by atoms with van der Waals surface area (Å²) >= 11 is 3.30. The van der Waals surface area contributed by atoms with Gasteiger partial charge in [-0.2, -0.15) is 0 Å². The van der Waals surface area contributed by atoms with Gasteiger partial charge in [0.2, 0.25) is 0 Å². The van der Waals surface area contributed by atoms with Crippen LogP contribution in [-0.4, -0.2) is 15.5 Å². The number of nitrogens with one attached hydrogen (secondary N) is 1. The lowest BCUT2D eigenvalue weighted by Crippen LogP contribution is -2.25. The van der Waals surface area contributed by atoms with Gasteiger partial charge in [0.1, 0.15) is 5.69 Å². The number of hydrogen-bond donors (Lipinski definition) is 1. The Hall–Kier alpha value is -2.34. The first-order valence-corrected chi connectivity index (χ1v) is 7.55. The van der Waals surface area contributed by atoms with Crippen molar-refractivity contribution in [3.63, 3.8) is 0 Å². The number of allylic oxidation sites excluding steroid dienone is 1. The molecule has 0 aliphatic carbocycles. The summed E-state index contributed by atoms with van der Waals surface area (Å²) in [5.74, 6) is -0.159. The van der Waals surface area contributed by atoms with Crippen molar-refractivity contribution in [2.45, 2.75) is 13.1 Å². The fraction of sp³-hybridized carbons (Fsp3) is 0.125. The monoisotopic (exact) mass is 359 g/mol. The Morgan fingerprint density at radius 1 is 1.50 bits per heavy atom. The highest BCUT2D eigenvalue weighted by atomic mass is 79.9. The third-order valence-electron chi connectivity index (χ3n) is 3.28. The average molecular weight is 360 g/mol. The van der Waals surface area contributed by atoms with Crippen molar-refractivity contribution in [2.24, 2.45) is 0 Å². The van der Waals surface area contributed by atoms with Gasteiger partial charge in [0, 0.05) is 37.6 Å². The Labute approximate surface area is 135 Å². The molecule has 3 aromatic rings. The quantitative estimate of drug-likeness (QED) is 0.709. The lowest BCUT2D eigenvalue weighted by Gasteiger charge is -2.08. The van der Waals surface area contributed by atoms with E-state index in [9.17, 15) is 4.79 Å². The van der Waals surface area contributed by atoms with Crippen LogP contribution in [0.2, 0.25) is 0 Å². The van der Waals surface area contributed by atoms with Gasteiger partial charge in [0.15, 0.2) is 10.3 Å². The first kappa shape index (κ1) is 14.6. The number of carbonyl (C=O) groups excluding carboxylic acids is 1. The van der Waals surface area contributed by atoms with E-state index in [1.165, 1.54) is 0 Å². The summed E-state index contributed by atoms with van der Waals surface area (Å²) in [6.07, 6.45) is 5.18. The van der Waals surface area contributed by atoms with Crippen LogP contribution in [0.1, 0.15) is 16.1 Å². The summed E-state index contributed by atoms with van der Waals surface area (Å²) in [4.78, 5) is 16.5. The third-order valence-corrected chi connectivity index (χ3v) is 3.67. The minimum absolute atomic E-state index is 0.159. The molecule has 0 aliphatic heterocycles. The highest BCUT2D eigenvalue weighted by Gasteiger charge is 2.17. The molecule has 0 saturated heterocycles. The number of furan rings is 1. The number of amides is 1. The van der Waals surface area contributed by atoms with Gasteiger partial charge in [0.25, 0.3) is 5.91 Å². The molecule has 0 atom stereocenters. The van der Waals surface area contributed by atoms with Gasteiger partial charge in [0.05, 0.1) is 5.52 Å². The van der Waals surface area contributed by atoms with E-state index >= 15 is 0 Å². The van der Waals surface area contributed by atoms with Crippen molar-refractivity contribution < 1.29 is 9.21 Å². The molecule has 1 amide bonds. The zero-order valence-corrected chi connectivity index (χ0v) is 13.3. The van der Waals surface area contributed by atoms with E-state index in [0.717, 1.165) is 11.1 Å². The Kier molecular flexibility index (Phi) is 4.11. The minimum atomic E-state index is -0.159. The van der Waals surface area contributed by atoms with Gasteiger partial charge in [-0.3, -0.25) is 9.78 Å². The van der Waals surface area contributed by atoms with Crippen molar-refractivity contribution in [1.82, 2.24) is 14.9 Å². The van der Waals surface area contributed by atoms with Crippen molar-refractivity contribution in [3.05, 3.63) is 65.2 Å². The highest BCUT2D eigenvalue weighted by molar-refractivity contribution is 9.10. The van der Waals surface area contributed by atoms with E-state index in [-0.39, 0.29) is 5.91 Å². The lowest BCUT2D eigenvalue weighted by atomic mass is 10.3. The summed E-state index contributed by atoms with van der Waals surface area (Å²) in [6.45, 7) is 4.70. The molecule has 22 heavy (non-hydrogen) atoms. The summed E-state index contributed by atoms with van der Waals surface area (Å²) in [7, 11) is 0. The second kappa shape index (κ2) is 6.19. The van der Waals surface area contributed by atoms with Crippen LogP contribution >= 0.6 is 15.9 Å². The first-order valence-electron chi connectivity index (χ1n) is 6.75. The van der Waals surface area contributed by atoms with Crippen LogP contribution in [0.3, 0.4) is 0 Å². The Bertz CT molecular complexity index is 821. The van der Waals surface area contributed by atoms with Gasteiger partial charge < -0.3 is 14.3 Å². The van der Waals surface area contributed by atoms with Crippen molar-refractivity contribution >= 4 is 32.9 Å². The van der Waals surface area contributed by atoms with Crippen LogP contribution in [0.25, 0.3) is 11.1 Å². The fourth-order valence-electron chi connectivity index (χ4n) is 2.30. The third kappa shape index (κ3) is 2.82. The number of aromatic nitrogens is 2. The van der Waals surface area contributed by atoms with Gasteiger partial charge in [-0.15, -0.1) is 6.58 Å². The van der Waals surface area contributed by atoms with E-state index in [1.54, 1.807) is 24.5 Å². The summed E-state index contributed by atoms with van der Waals surface area (Å²) in [5.41, 5.74) is 3.02.